The highest BCUT2D eigenvalue weighted by atomic mass is 32.1. The largest absolute Gasteiger partial charge is 0.356 e. The highest BCUT2D eigenvalue weighted by Crippen LogP contribution is 2.23. The molecule has 2 aromatic heterocycles. The van der Waals surface area contributed by atoms with Crippen molar-refractivity contribution in [1.29, 1.82) is 0 Å². The zero-order valence-corrected chi connectivity index (χ0v) is 16.8. The normalized spacial score (nSPS) is 16.4. The number of aryl methyl sites for hydroxylation is 2. The number of aromatic nitrogens is 2. The highest BCUT2D eigenvalue weighted by Gasteiger charge is 2.25. The molecule has 3 aromatic rings. The molecule has 0 aliphatic heterocycles. The molecule has 1 amide bonds. The number of nitrogens with one attached hydrogen (secondary N) is 2. The monoisotopic (exact) mass is 395 g/mol. The van der Waals surface area contributed by atoms with Crippen LogP contribution in [0.1, 0.15) is 34.5 Å². The van der Waals surface area contributed by atoms with E-state index in [9.17, 15) is 9.59 Å². The van der Waals surface area contributed by atoms with Gasteiger partial charge in [-0.25, -0.2) is 4.68 Å². The highest BCUT2D eigenvalue weighted by molar-refractivity contribution is 7.09. The third-order valence-electron chi connectivity index (χ3n) is 5.47. The first-order chi connectivity index (χ1) is 13.6. The molecule has 6 heteroatoms. The maximum Gasteiger partial charge on any atom is 0.274 e. The fourth-order valence-electron chi connectivity index (χ4n) is 3.81. The lowest BCUT2D eigenvalue weighted by Gasteiger charge is -2.14. The molecule has 2 heterocycles. The molecule has 0 fully saturated rings. The number of nitrogens with zero attached hydrogens (tertiary/aromatic N) is 1. The predicted molar refractivity (Wildman–Crippen MR) is 112 cm³/mol. The second kappa shape index (κ2) is 8.19. The van der Waals surface area contributed by atoms with Gasteiger partial charge in [0.05, 0.1) is 5.69 Å². The zero-order chi connectivity index (χ0) is 19.5. The molecule has 0 saturated heterocycles. The molecule has 146 valence electrons. The van der Waals surface area contributed by atoms with E-state index < -0.39 is 0 Å². The Kier molecular flexibility index (Phi) is 5.48. The van der Waals surface area contributed by atoms with Crippen LogP contribution in [0.3, 0.4) is 0 Å². The van der Waals surface area contributed by atoms with Gasteiger partial charge in [0.2, 0.25) is 5.91 Å². The average molecular weight is 396 g/mol. The van der Waals surface area contributed by atoms with Crippen molar-refractivity contribution in [2.24, 2.45) is 5.92 Å². The zero-order valence-electron chi connectivity index (χ0n) is 16.0. The quantitative estimate of drug-likeness (QED) is 0.651. The van der Waals surface area contributed by atoms with Crippen molar-refractivity contribution in [3.8, 4) is 5.69 Å². The van der Waals surface area contributed by atoms with Crippen molar-refractivity contribution in [2.45, 2.75) is 39.0 Å². The third kappa shape index (κ3) is 3.97. The Labute approximate surface area is 168 Å². The first-order valence-electron chi connectivity index (χ1n) is 9.81. The second-order valence-corrected chi connectivity index (χ2v) is 8.47. The number of thiophene rings is 1. The smallest absolute Gasteiger partial charge is 0.274 e. The molecular weight excluding hydrogens is 370 g/mol. The molecule has 2 N–H and O–H groups in total. The number of rotatable bonds is 5. The Morgan fingerprint density at radius 3 is 2.75 bits per heavy atom. The summed E-state index contributed by atoms with van der Waals surface area (Å²) in [5, 5.41) is 8.40. The SMILES string of the molecule is Cc1ccc(-n2[nH]c3c(c2=O)CCC(C(=O)NCCc2cccs2)CC3)cc1. The van der Waals surface area contributed by atoms with Gasteiger partial charge in [0.25, 0.3) is 5.56 Å². The summed E-state index contributed by atoms with van der Waals surface area (Å²) in [6.07, 6.45) is 3.74. The van der Waals surface area contributed by atoms with Crippen LogP contribution < -0.4 is 10.9 Å². The summed E-state index contributed by atoms with van der Waals surface area (Å²) < 4.78 is 1.63. The van der Waals surface area contributed by atoms with Crippen LogP contribution in [0.15, 0.2) is 46.6 Å². The van der Waals surface area contributed by atoms with Gasteiger partial charge < -0.3 is 5.32 Å². The van der Waals surface area contributed by atoms with E-state index in [4.69, 9.17) is 0 Å². The molecule has 0 bridgehead atoms. The molecule has 0 saturated carbocycles. The van der Waals surface area contributed by atoms with Crippen molar-refractivity contribution in [3.05, 3.63) is 73.8 Å². The van der Waals surface area contributed by atoms with E-state index in [0.29, 0.717) is 13.0 Å². The lowest BCUT2D eigenvalue weighted by atomic mass is 9.99. The van der Waals surface area contributed by atoms with Crippen LogP contribution in [-0.4, -0.2) is 22.2 Å². The van der Waals surface area contributed by atoms with Gasteiger partial charge in [0, 0.05) is 28.6 Å². The lowest BCUT2D eigenvalue weighted by molar-refractivity contribution is -0.125. The molecular formula is C22H25N3O2S. The number of hydrogen-bond donors (Lipinski definition) is 2. The van der Waals surface area contributed by atoms with Gasteiger partial charge in [-0.3, -0.25) is 14.7 Å². The number of hydrogen-bond acceptors (Lipinski definition) is 3. The van der Waals surface area contributed by atoms with Crippen LogP contribution in [0.4, 0.5) is 0 Å². The molecule has 4 rings (SSSR count). The standard InChI is InChI=1S/C22H25N3O2S/c1-15-4-8-17(9-5-15)25-22(27)19-10-6-16(7-11-20(19)24-25)21(26)23-13-12-18-3-2-14-28-18/h2-5,8-9,14,16,24H,6-7,10-13H2,1H3,(H,23,26). The van der Waals surface area contributed by atoms with Crippen LogP contribution in [0.2, 0.25) is 0 Å². The van der Waals surface area contributed by atoms with Gasteiger partial charge in [-0.05, 0) is 62.6 Å². The molecule has 0 radical (unpaired) electrons. The van der Waals surface area contributed by atoms with E-state index in [1.807, 2.05) is 37.3 Å². The number of benzene rings is 1. The summed E-state index contributed by atoms with van der Waals surface area (Å²) in [7, 11) is 0. The molecule has 0 spiro atoms. The van der Waals surface area contributed by atoms with Crippen LogP contribution in [0.5, 0.6) is 0 Å². The van der Waals surface area contributed by atoms with Gasteiger partial charge in [0.1, 0.15) is 0 Å². The predicted octanol–water partition coefficient (Wildman–Crippen LogP) is 3.39. The van der Waals surface area contributed by atoms with E-state index in [-0.39, 0.29) is 17.4 Å². The fraction of sp³-hybridized carbons (Fsp3) is 0.364. The van der Waals surface area contributed by atoms with Gasteiger partial charge >= 0.3 is 0 Å². The Morgan fingerprint density at radius 2 is 2.00 bits per heavy atom. The van der Waals surface area contributed by atoms with E-state index >= 15 is 0 Å². The van der Waals surface area contributed by atoms with Crippen molar-refractivity contribution < 1.29 is 4.79 Å². The summed E-state index contributed by atoms with van der Waals surface area (Å²) in [4.78, 5) is 26.7. The Morgan fingerprint density at radius 1 is 1.21 bits per heavy atom. The molecule has 1 unspecified atom stereocenters. The summed E-state index contributed by atoms with van der Waals surface area (Å²) in [6.45, 7) is 2.70. The first-order valence-corrected chi connectivity index (χ1v) is 10.7. The minimum absolute atomic E-state index is 0.0117. The van der Waals surface area contributed by atoms with E-state index in [1.165, 1.54) is 4.88 Å². The third-order valence-corrected chi connectivity index (χ3v) is 6.41. The number of amides is 1. The van der Waals surface area contributed by atoms with E-state index in [0.717, 1.165) is 48.2 Å². The second-order valence-electron chi connectivity index (χ2n) is 7.44. The van der Waals surface area contributed by atoms with Crippen LogP contribution in [-0.2, 0) is 24.1 Å². The Hall–Kier alpha value is -2.60. The van der Waals surface area contributed by atoms with Crippen LogP contribution in [0, 0.1) is 12.8 Å². The fourth-order valence-corrected chi connectivity index (χ4v) is 4.52. The van der Waals surface area contributed by atoms with Gasteiger partial charge in [0.15, 0.2) is 0 Å². The minimum atomic E-state index is -0.0311. The summed E-state index contributed by atoms with van der Waals surface area (Å²) in [5.41, 5.74) is 3.83. The molecule has 28 heavy (non-hydrogen) atoms. The van der Waals surface area contributed by atoms with Crippen LogP contribution in [0.25, 0.3) is 5.69 Å². The lowest BCUT2D eigenvalue weighted by Crippen LogP contribution is -2.32. The maximum atomic E-state index is 12.9. The number of carbonyl (C=O) groups is 1. The minimum Gasteiger partial charge on any atom is -0.356 e. The molecule has 5 nitrogen and oxygen atoms in total. The van der Waals surface area contributed by atoms with E-state index in [2.05, 4.69) is 21.9 Å². The van der Waals surface area contributed by atoms with Gasteiger partial charge in [-0.1, -0.05) is 23.8 Å². The van der Waals surface area contributed by atoms with Crippen molar-refractivity contribution >= 4 is 17.2 Å². The molecule has 1 aliphatic rings. The number of aromatic amines is 1. The summed E-state index contributed by atoms with van der Waals surface area (Å²) in [5.74, 6) is 0.0805. The van der Waals surface area contributed by atoms with Crippen molar-refractivity contribution in [2.75, 3.05) is 6.54 Å². The van der Waals surface area contributed by atoms with Crippen LogP contribution >= 0.6 is 11.3 Å². The van der Waals surface area contributed by atoms with E-state index in [1.54, 1.807) is 16.0 Å². The molecule has 1 aliphatic carbocycles. The average Bonchev–Trinajstić information content (AvgIpc) is 3.25. The Balaban J connectivity index is 1.39. The number of H-pyrrole nitrogens is 1. The summed E-state index contributed by atoms with van der Waals surface area (Å²) in [6, 6.07) is 12.0. The maximum absolute atomic E-state index is 12.9. The Bertz CT molecular complexity index is 1000. The summed E-state index contributed by atoms with van der Waals surface area (Å²) >= 11 is 1.72. The number of fused-ring (bicyclic) bond motifs is 1. The van der Waals surface area contributed by atoms with Crippen molar-refractivity contribution in [3.63, 3.8) is 0 Å². The first kappa shape index (κ1) is 18.7. The van der Waals surface area contributed by atoms with Gasteiger partial charge in [-0.2, -0.15) is 0 Å². The topological polar surface area (TPSA) is 66.9 Å². The molecule has 1 atom stereocenters. The number of carbonyl (C=O) groups excluding carboxylic acids is 1. The van der Waals surface area contributed by atoms with Gasteiger partial charge in [-0.15, -0.1) is 11.3 Å². The van der Waals surface area contributed by atoms with Crippen molar-refractivity contribution in [1.82, 2.24) is 15.1 Å². The molecule has 1 aromatic carbocycles.